The molecule has 0 amide bonds. The fourth-order valence-corrected chi connectivity index (χ4v) is 1.94. The van der Waals surface area contributed by atoms with Crippen LogP contribution in [0.1, 0.15) is 30.9 Å². The average molecular weight is 412 g/mol. The summed E-state index contributed by atoms with van der Waals surface area (Å²) in [6.07, 6.45) is 1.15. The van der Waals surface area contributed by atoms with Gasteiger partial charge in [0.2, 0.25) is 0 Å². The van der Waals surface area contributed by atoms with Gasteiger partial charge in [0.15, 0.2) is 11.6 Å². The summed E-state index contributed by atoms with van der Waals surface area (Å²) in [5, 5.41) is 10.1. The molecule has 0 radical (unpaired) electrons. The number of aliphatic imine (C=N–C) groups is 1. The van der Waals surface area contributed by atoms with Crippen molar-refractivity contribution < 1.29 is 35.3 Å². The summed E-state index contributed by atoms with van der Waals surface area (Å²) >= 11 is -0.556. The zero-order chi connectivity index (χ0) is 18.3. The van der Waals surface area contributed by atoms with Gasteiger partial charge in [-0.2, -0.15) is 0 Å². The van der Waals surface area contributed by atoms with Crippen LogP contribution in [-0.2, 0) is 17.0 Å². The van der Waals surface area contributed by atoms with Crippen LogP contribution in [0.4, 0.5) is 18.9 Å². The van der Waals surface area contributed by atoms with E-state index in [-0.39, 0.29) is 11.7 Å². The van der Waals surface area contributed by atoms with E-state index < -0.39 is 40.2 Å². The summed E-state index contributed by atoms with van der Waals surface area (Å²) in [6.45, 7) is 3.82. The Balaban J connectivity index is 0.000000891. The molecule has 0 fully saturated rings. The van der Waals surface area contributed by atoms with E-state index in [9.17, 15) is 18.3 Å². The molecule has 0 saturated heterocycles. The quantitative estimate of drug-likeness (QED) is 0.483. The first-order chi connectivity index (χ1) is 11.3. The van der Waals surface area contributed by atoms with Crippen molar-refractivity contribution in [3.8, 4) is 5.75 Å². The Morgan fingerprint density at radius 2 is 1.67 bits per heavy atom. The van der Waals surface area contributed by atoms with Crippen LogP contribution in [0.5, 0.6) is 5.75 Å². The molecule has 2 rings (SSSR count). The second kappa shape index (κ2) is 10.1. The number of nitrogens with zero attached hydrogens (tertiary/aromatic N) is 1. The molecule has 0 atom stereocenters. The number of phenols is 1. The van der Waals surface area contributed by atoms with Gasteiger partial charge >= 0.3 is 35.6 Å². The van der Waals surface area contributed by atoms with Crippen molar-refractivity contribution >= 4 is 30.5 Å². The van der Waals surface area contributed by atoms with E-state index in [2.05, 4.69) is 4.99 Å². The van der Waals surface area contributed by atoms with Crippen molar-refractivity contribution in [3.63, 3.8) is 0 Å². The molecule has 0 saturated carbocycles. The van der Waals surface area contributed by atoms with Crippen LogP contribution in [0.15, 0.2) is 35.3 Å². The molecule has 0 spiro atoms. The molecule has 1 N–H and O–H groups in total. The van der Waals surface area contributed by atoms with Crippen molar-refractivity contribution in [2.75, 3.05) is 0 Å². The number of benzene rings is 2. The zero-order valence-corrected chi connectivity index (χ0v) is 15.9. The number of halogens is 5. The van der Waals surface area contributed by atoms with Crippen LogP contribution in [0.2, 0.25) is 0 Å². The number of aromatic hydroxyl groups is 1. The molecule has 0 unspecified atom stereocenters. The van der Waals surface area contributed by atoms with Crippen molar-refractivity contribution in [1.82, 2.24) is 0 Å². The number of hydrogen-bond acceptors (Lipinski definition) is 2. The molecule has 0 heterocycles. The summed E-state index contributed by atoms with van der Waals surface area (Å²) in [5.41, 5.74) is 0.453. The minimum absolute atomic E-state index is 0.0131. The van der Waals surface area contributed by atoms with Crippen molar-refractivity contribution in [1.29, 1.82) is 0 Å². The maximum absolute atomic E-state index is 13.5. The van der Waals surface area contributed by atoms with Gasteiger partial charge in [-0.15, -0.1) is 0 Å². The van der Waals surface area contributed by atoms with Gasteiger partial charge in [0.05, 0.1) is 0 Å². The third-order valence-electron chi connectivity index (χ3n) is 3.03. The second-order valence-corrected chi connectivity index (χ2v) is 7.57. The number of phenolic OH excluding ortho intramolecular Hbond substituents is 1. The van der Waals surface area contributed by atoms with E-state index in [4.69, 9.17) is 18.6 Å². The Labute approximate surface area is 155 Å². The van der Waals surface area contributed by atoms with Gasteiger partial charge in [-0.25, -0.2) is 18.2 Å². The summed E-state index contributed by atoms with van der Waals surface area (Å²) in [5.74, 6) is -3.09. The summed E-state index contributed by atoms with van der Waals surface area (Å²) in [7, 11) is 9.78. The molecule has 24 heavy (non-hydrogen) atoms. The van der Waals surface area contributed by atoms with E-state index in [1.54, 1.807) is 18.2 Å². The first-order valence-corrected chi connectivity index (χ1v) is 11.1. The Morgan fingerprint density at radius 1 is 1.12 bits per heavy atom. The SMILES string of the molecule is CC(C)c1cccc(C=Nc2c(F)cc(F)cc2F)c1O.[Cl][Ti][Cl]. The molecule has 0 bridgehead atoms. The summed E-state index contributed by atoms with van der Waals surface area (Å²) in [4.78, 5) is 3.68. The fourth-order valence-electron chi connectivity index (χ4n) is 1.94. The fraction of sp³-hybridized carbons (Fsp3) is 0.188. The number of para-hydroxylation sites is 1. The van der Waals surface area contributed by atoms with Crippen molar-refractivity contribution in [3.05, 3.63) is 58.9 Å². The second-order valence-electron chi connectivity index (χ2n) is 4.99. The molecule has 8 heteroatoms. The van der Waals surface area contributed by atoms with E-state index in [1.165, 1.54) is 0 Å². The van der Waals surface area contributed by atoms with E-state index in [0.717, 1.165) is 6.21 Å². The minimum atomic E-state index is -1.09. The van der Waals surface area contributed by atoms with Crippen molar-refractivity contribution in [2.45, 2.75) is 19.8 Å². The topological polar surface area (TPSA) is 32.6 Å². The van der Waals surface area contributed by atoms with Crippen LogP contribution in [0.25, 0.3) is 0 Å². The zero-order valence-electron chi connectivity index (χ0n) is 12.8. The standard InChI is InChI=1S/C16H14F3NO.2ClH.Ti/c1-9(2)12-5-3-4-10(16(12)21)8-20-15-13(18)6-11(17)7-14(15)19;;;/h3-9,21H,1-2H3;2*1H;/q;;;+2/p-2. The first kappa shape index (κ1) is 21.0. The molecule has 0 aliphatic rings. The maximum atomic E-state index is 13.5. The number of hydrogen-bond donors (Lipinski definition) is 1. The monoisotopic (exact) mass is 411 g/mol. The van der Waals surface area contributed by atoms with Gasteiger partial charge < -0.3 is 5.11 Å². The first-order valence-electron chi connectivity index (χ1n) is 6.78. The molecule has 0 aromatic heterocycles. The van der Waals surface area contributed by atoms with E-state index in [1.807, 2.05) is 13.8 Å². The van der Waals surface area contributed by atoms with Gasteiger partial charge in [-0.1, -0.05) is 26.0 Å². The third kappa shape index (κ3) is 5.81. The third-order valence-corrected chi connectivity index (χ3v) is 3.03. The van der Waals surface area contributed by atoms with Crippen molar-refractivity contribution in [2.24, 2.45) is 4.99 Å². The molecular formula is C16H14Cl2F3NOTi. The Kier molecular flexibility index (Phi) is 8.85. The molecular weight excluding hydrogens is 398 g/mol. The molecule has 128 valence electrons. The Bertz CT molecular complexity index is 703. The summed E-state index contributed by atoms with van der Waals surface area (Å²) in [6, 6.07) is 6.16. The van der Waals surface area contributed by atoms with E-state index >= 15 is 0 Å². The Morgan fingerprint density at radius 3 is 2.17 bits per heavy atom. The van der Waals surface area contributed by atoms with Crippen LogP contribution < -0.4 is 0 Å². The molecule has 0 aliphatic carbocycles. The number of rotatable bonds is 3. The molecule has 2 nitrogen and oxygen atoms in total. The van der Waals surface area contributed by atoms with Crippen LogP contribution >= 0.6 is 18.6 Å². The summed E-state index contributed by atoms with van der Waals surface area (Å²) < 4.78 is 39.7. The normalized spacial score (nSPS) is 10.7. The predicted molar refractivity (Wildman–Crippen MR) is 87.5 cm³/mol. The molecule has 0 aliphatic heterocycles. The predicted octanol–water partition coefficient (Wildman–Crippen LogP) is 6.06. The molecule has 2 aromatic rings. The van der Waals surface area contributed by atoms with E-state index in [0.29, 0.717) is 23.3 Å². The molecule has 2 aromatic carbocycles. The van der Waals surface area contributed by atoms with Gasteiger partial charge in [0.1, 0.15) is 17.3 Å². The average Bonchev–Trinajstić information content (AvgIpc) is 2.48. The Hall–Kier alpha value is -1.01. The van der Waals surface area contributed by atoms with Crippen LogP contribution in [0.3, 0.4) is 0 Å². The van der Waals surface area contributed by atoms with Crippen LogP contribution in [-0.4, -0.2) is 11.3 Å². The van der Waals surface area contributed by atoms with Gasteiger partial charge in [-0.3, -0.25) is 0 Å². The van der Waals surface area contributed by atoms with Gasteiger partial charge in [0.25, 0.3) is 0 Å². The van der Waals surface area contributed by atoms with Gasteiger partial charge in [0, 0.05) is 23.9 Å². The van der Waals surface area contributed by atoms with Gasteiger partial charge in [-0.05, 0) is 17.5 Å². The van der Waals surface area contributed by atoms with Crippen LogP contribution in [0, 0.1) is 17.5 Å².